The number of aromatic nitrogens is 4. The number of aryl methyl sites for hydroxylation is 1. The van der Waals surface area contributed by atoms with E-state index < -0.39 is 4.92 Å². The van der Waals surface area contributed by atoms with Crippen molar-refractivity contribution >= 4 is 11.7 Å². The molecule has 0 spiro atoms. The Balaban J connectivity index is 1.40. The molecule has 1 fully saturated rings. The number of para-hydroxylation sites is 1. The van der Waals surface area contributed by atoms with Crippen LogP contribution in [0.3, 0.4) is 0 Å². The molecule has 4 rings (SSSR count). The van der Waals surface area contributed by atoms with Gasteiger partial charge in [-0.1, -0.05) is 23.3 Å². The van der Waals surface area contributed by atoms with Crippen LogP contribution in [0.5, 0.6) is 0 Å². The van der Waals surface area contributed by atoms with Gasteiger partial charge in [-0.25, -0.2) is 4.68 Å². The number of hydrogen-bond donors (Lipinski definition) is 1. The number of H-pyrrole nitrogens is 1. The van der Waals surface area contributed by atoms with Gasteiger partial charge in [-0.05, 0) is 30.9 Å². The van der Waals surface area contributed by atoms with E-state index in [9.17, 15) is 14.9 Å². The van der Waals surface area contributed by atoms with Crippen molar-refractivity contribution in [1.82, 2.24) is 29.8 Å². The van der Waals surface area contributed by atoms with E-state index in [-0.39, 0.29) is 17.4 Å². The van der Waals surface area contributed by atoms with E-state index in [1.807, 2.05) is 41.9 Å². The fourth-order valence-corrected chi connectivity index (χ4v) is 3.73. The molecule has 0 atom stereocenters. The number of carbonyl (C=O) groups is 1. The Morgan fingerprint density at radius 3 is 2.50 bits per heavy atom. The minimum Gasteiger partial charge on any atom is -0.358 e. The molecular formula is C20H23N7O3. The number of carbonyl (C=O) groups excluding carboxylic acids is 1. The molecule has 1 N–H and O–H groups in total. The van der Waals surface area contributed by atoms with E-state index in [2.05, 4.69) is 22.0 Å². The number of rotatable bonds is 5. The molecule has 1 aromatic carbocycles. The van der Waals surface area contributed by atoms with Gasteiger partial charge in [0.25, 0.3) is 5.91 Å². The summed E-state index contributed by atoms with van der Waals surface area (Å²) in [5.74, 6) is -0.568. The highest BCUT2D eigenvalue weighted by Gasteiger charge is 2.26. The Labute approximate surface area is 173 Å². The van der Waals surface area contributed by atoms with Crippen LogP contribution in [-0.4, -0.2) is 66.8 Å². The molecule has 156 valence electrons. The lowest BCUT2D eigenvalue weighted by Gasteiger charge is -2.34. The zero-order chi connectivity index (χ0) is 21.3. The Morgan fingerprint density at radius 1 is 1.17 bits per heavy atom. The average Bonchev–Trinajstić information content (AvgIpc) is 3.36. The van der Waals surface area contributed by atoms with Gasteiger partial charge in [-0.2, -0.15) is 5.10 Å². The molecule has 0 unspecified atom stereocenters. The second kappa shape index (κ2) is 8.07. The van der Waals surface area contributed by atoms with Gasteiger partial charge in [0.15, 0.2) is 5.69 Å². The van der Waals surface area contributed by atoms with Crippen molar-refractivity contribution in [2.24, 2.45) is 0 Å². The number of nitro groups is 1. The smallest absolute Gasteiger partial charge is 0.343 e. The maximum absolute atomic E-state index is 12.6. The number of amides is 1. The third kappa shape index (κ3) is 3.81. The molecular weight excluding hydrogens is 386 g/mol. The van der Waals surface area contributed by atoms with Crippen LogP contribution in [0.15, 0.2) is 36.4 Å². The first-order valence-electron chi connectivity index (χ1n) is 9.76. The average molecular weight is 409 g/mol. The molecule has 1 amide bonds. The summed E-state index contributed by atoms with van der Waals surface area (Å²) < 4.78 is 1.97. The molecule has 2 aromatic heterocycles. The summed E-state index contributed by atoms with van der Waals surface area (Å²) in [6, 6.07) is 11.2. The summed E-state index contributed by atoms with van der Waals surface area (Å²) in [6.07, 6.45) is 0. The Bertz CT molecular complexity index is 1070. The summed E-state index contributed by atoms with van der Waals surface area (Å²) in [7, 11) is 0. The van der Waals surface area contributed by atoms with Crippen molar-refractivity contribution in [3.8, 4) is 5.69 Å². The fourth-order valence-electron chi connectivity index (χ4n) is 3.73. The van der Waals surface area contributed by atoms with E-state index in [1.165, 1.54) is 11.6 Å². The lowest BCUT2D eigenvalue weighted by atomic mass is 10.1. The van der Waals surface area contributed by atoms with E-state index in [0.717, 1.165) is 23.6 Å². The zero-order valence-corrected chi connectivity index (χ0v) is 16.9. The molecule has 1 aliphatic heterocycles. The lowest BCUT2D eigenvalue weighted by Crippen LogP contribution is -2.48. The Hall–Kier alpha value is -3.53. The summed E-state index contributed by atoms with van der Waals surface area (Å²) in [5.41, 5.74) is 4.42. The van der Waals surface area contributed by atoms with Crippen LogP contribution in [0.25, 0.3) is 5.69 Å². The molecule has 0 saturated carbocycles. The molecule has 10 heteroatoms. The van der Waals surface area contributed by atoms with Crippen LogP contribution in [0.1, 0.15) is 27.4 Å². The number of piperazine rings is 1. The normalized spacial score (nSPS) is 14.8. The van der Waals surface area contributed by atoms with Crippen LogP contribution in [-0.2, 0) is 6.54 Å². The highest BCUT2D eigenvalue weighted by atomic mass is 16.6. The summed E-state index contributed by atoms with van der Waals surface area (Å²) >= 11 is 0. The van der Waals surface area contributed by atoms with E-state index in [1.54, 1.807) is 4.90 Å². The standard InChI is InChI=1S/C20H23N7O3/c1-14-17(15(2)26(23-14)16-6-4-3-5-7-16)13-24-8-10-25(11-9-24)20(28)18-12-19(22-21-18)27(29)30/h3-7,12H,8-11,13H2,1-2H3,(H,21,22). The molecule has 10 nitrogen and oxygen atoms in total. The Morgan fingerprint density at radius 2 is 1.87 bits per heavy atom. The monoisotopic (exact) mass is 409 g/mol. The molecule has 3 aromatic rings. The molecule has 30 heavy (non-hydrogen) atoms. The molecule has 0 bridgehead atoms. The maximum atomic E-state index is 12.6. The van der Waals surface area contributed by atoms with Crippen molar-refractivity contribution in [3.05, 3.63) is 69.2 Å². The number of hydrogen-bond acceptors (Lipinski definition) is 6. The van der Waals surface area contributed by atoms with Crippen molar-refractivity contribution in [1.29, 1.82) is 0 Å². The van der Waals surface area contributed by atoms with Crippen LogP contribution in [0.2, 0.25) is 0 Å². The largest absolute Gasteiger partial charge is 0.358 e. The van der Waals surface area contributed by atoms with Gasteiger partial charge in [-0.15, -0.1) is 5.10 Å². The minimum atomic E-state index is -0.595. The van der Waals surface area contributed by atoms with Gasteiger partial charge in [-0.3, -0.25) is 9.69 Å². The highest BCUT2D eigenvalue weighted by molar-refractivity contribution is 5.92. The van der Waals surface area contributed by atoms with Crippen LogP contribution >= 0.6 is 0 Å². The predicted octanol–water partition coefficient (Wildman–Crippen LogP) is 2.08. The summed E-state index contributed by atoms with van der Waals surface area (Å²) in [4.78, 5) is 26.7. The molecule has 3 heterocycles. The van der Waals surface area contributed by atoms with Gasteiger partial charge in [0, 0.05) is 44.0 Å². The second-order valence-corrected chi connectivity index (χ2v) is 7.36. The number of nitrogens with zero attached hydrogens (tertiary/aromatic N) is 6. The molecule has 0 radical (unpaired) electrons. The molecule has 1 aliphatic rings. The van der Waals surface area contributed by atoms with Crippen molar-refractivity contribution in [2.75, 3.05) is 26.2 Å². The van der Waals surface area contributed by atoms with Crippen LogP contribution in [0, 0.1) is 24.0 Å². The van der Waals surface area contributed by atoms with Crippen molar-refractivity contribution in [3.63, 3.8) is 0 Å². The first-order chi connectivity index (χ1) is 14.4. The van der Waals surface area contributed by atoms with Crippen LogP contribution in [0.4, 0.5) is 5.82 Å². The van der Waals surface area contributed by atoms with Gasteiger partial charge in [0.2, 0.25) is 0 Å². The van der Waals surface area contributed by atoms with Gasteiger partial charge in [0.05, 0.1) is 17.4 Å². The third-order valence-electron chi connectivity index (χ3n) is 5.46. The molecule has 0 aliphatic carbocycles. The maximum Gasteiger partial charge on any atom is 0.343 e. The topological polar surface area (TPSA) is 113 Å². The third-order valence-corrected chi connectivity index (χ3v) is 5.46. The van der Waals surface area contributed by atoms with E-state index in [4.69, 9.17) is 5.10 Å². The highest BCUT2D eigenvalue weighted by Crippen LogP contribution is 2.20. The van der Waals surface area contributed by atoms with E-state index in [0.29, 0.717) is 26.2 Å². The summed E-state index contributed by atoms with van der Waals surface area (Å²) in [6.45, 7) is 7.38. The number of nitrogens with one attached hydrogen (secondary N) is 1. The second-order valence-electron chi connectivity index (χ2n) is 7.36. The van der Waals surface area contributed by atoms with Crippen LogP contribution < -0.4 is 0 Å². The molecule has 1 saturated heterocycles. The fraction of sp³-hybridized carbons (Fsp3) is 0.350. The van der Waals surface area contributed by atoms with Gasteiger partial charge < -0.3 is 15.0 Å². The summed E-state index contributed by atoms with van der Waals surface area (Å²) in [5, 5.41) is 21.5. The quantitative estimate of drug-likeness (QED) is 0.510. The first-order valence-corrected chi connectivity index (χ1v) is 9.76. The number of aromatic amines is 1. The first kappa shape index (κ1) is 19.8. The van der Waals surface area contributed by atoms with Crippen molar-refractivity contribution < 1.29 is 9.72 Å². The van der Waals surface area contributed by atoms with Gasteiger partial charge in [0.1, 0.15) is 0 Å². The predicted molar refractivity (Wildman–Crippen MR) is 109 cm³/mol. The Kier molecular flexibility index (Phi) is 5.32. The van der Waals surface area contributed by atoms with E-state index >= 15 is 0 Å². The zero-order valence-electron chi connectivity index (χ0n) is 16.9. The lowest BCUT2D eigenvalue weighted by molar-refractivity contribution is -0.389. The minimum absolute atomic E-state index is 0.0750. The SMILES string of the molecule is Cc1nn(-c2ccccc2)c(C)c1CN1CCN(C(=O)c2cc([N+](=O)[O-])[nH]n2)CC1. The number of benzene rings is 1. The van der Waals surface area contributed by atoms with Gasteiger partial charge >= 0.3 is 5.82 Å². The van der Waals surface area contributed by atoms with Crippen molar-refractivity contribution in [2.45, 2.75) is 20.4 Å².